The highest BCUT2D eigenvalue weighted by molar-refractivity contribution is 7.80. The van der Waals surface area contributed by atoms with E-state index in [4.69, 9.17) is 18.9 Å². The number of ether oxygens (including phenoxy) is 4. The topological polar surface area (TPSA) is 199 Å². The van der Waals surface area contributed by atoms with E-state index in [2.05, 4.69) is 28.6 Å². The van der Waals surface area contributed by atoms with Crippen LogP contribution in [0.25, 0.3) is 0 Å². The second-order valence-electron chi connectivity index (χ2n) is 18.3. The van der Waals surface area contributed by atoms with Gasteiger partial charge in [-0.3, -0.25) is 19.2 Å². The molecule has 16 nitrogen and oxygen atoms in total. The van der Waals surface area contributed by atoms with Crippen LogP contribution in [-0.2, 0) is 55.9 Å². The molecule has 2 aromatic rings. The Balaban J connectivity index is 1.94. The van der Waals surface area contributed by atoms with Crippen molar-refractivity contribution in [1.29, 1.82) is 0 Å². The van der Waals surface area contributed by atoms with E-state index in [0.717, 1.165) is 16.0 Å². The molecule has 0 spiro atoms. The molecule has 3 rings (SSSR count). The molecule has 1 saturated heterocycles. The number of likely N-dealkylation sites (N-methyl/N-ethyl adjacent to an activating group) is 1. The number of carbonyl (C=O) groups is 7. The summed E-state index contributed by atoms with van der Waals surface area (Å²) in [6.07, 6.45) is -2.19. The molecule has 0 aromatic heterocycles. The molecule has 0 bridgehead atoms. The van der Waals surface area contributed by atoms with E-state index in [9.17, 15) is 33.6 Å². The quantitative estimate of drug-likeness (QED) is 0.0993. The van der Waals surface area contributed by atoms with Crippen molar-refractivity contribution >= 4 is 54.5 Å². The number of nitrogens with zero attached hydrogens (tertiary/aromatic N) is 2. The Morgan fingerprint density at radius 3 is 1.77 bits per heavy atom. The Morgan fingerprint density at radius 1 is 0.726 bits per heavy atom. The predicted molar refractivity (Wildman–Crippen MR) is 235 cm³/mol. The fourth-order valence-electron chi connectivity index (χ4n) is 6.45. The van der Waals surface area contributed by atoms with Crippen molar-refractivity contribution in [2.24, 2.45) is 0 Å². The van der Waals surface area contributed by atoms with Gasteiger partial charge in [-0.25, -0.2) is 14.4 Å². The Labute approximate surface area is 370 Å². The highest BCUT2D eigenvalue weighted by Gasteiger charge is 2.48. The van der Waals surface area contributed by atoms with Crippen molar-refractivity contribution in [3.8, 4) is 0 Å². The summed E-state index contributed by atoms with van der Waals surface area (Å²) in [6.45, 7) is 15.2. The third-order valence-corrected chi connectivity index (χ3v) is 9.83. The first-order valence-corrected chi connectivity index (χ1v) is 21.4. The summed E-state index contributed by atoms with van der Waals surface area (Å²) in [6, 6.07) is 14.3. The zero-order chi connectivity index (χ0) is 46.5. The molecule has 0 aliphatic carbocycles. The molecule has 5 amide bonds. The van der Waals surface area contributed by atoms with Crippen molar-refractivity contribution in [2.45, 2.75) is 141 Å². The van der Waals surface area contributed by atoms with Crippen LogP contribution in [0.2, 0.25) is 0 Å². The number of amides is 5. The smallest absolute Gasteiger partial charge is 0.410 e. The first-order chi connectivity index (χ1) is 28.8. The SMILES string of the molecule is CN(C(=O)C1(NC(=O)[C@H](CCC(=O)OCc2ccccc2)NC(=O)OC(C)(C)C)CCN(C(=O)OC(C)(C)C)CC1)[C@@H](CS)C(=O)N[C@@H](Cc1ccccc1)C(=O)OC(C)(C)C. The summed E-state index contributed by atoms with van der Waals surface area (Å²) >= 11 is 4.43. The average Bonchev–Trinajstić information content (AvgIpc) is 3.17. The van der Waals surface area contributed by atoms with Gasteiger partial charge in [-0.2, -0.15) is 12.6 Å². The largest absolute Gasteiger partial charge is 0.461 e. The summed E-state index contributed by atoms with van der Waals surface area (Å²) in [7, 11) is 1.38. The van der Waals surface area contributed by atoms with Crippen LogP contribution in [0.3, 0.4) is 0 Å². The molecule has 0 radical (unpaired) electrons. The van der Waals surface area contributed by atoms with Gasteiger partial charge in [0.2, 0.25) is 17.7 Å². The molecule has 2 aromatic carbocycles. The summed E-state index contributed by atoms with van der Waals surface area (Å²) in [4.78, 5) is 98.4. The van der Waals surface area contributed by atoms with E-state index in [0.29, 0.717) is 0 Å². The Hall–Kier alpha value is -5.32. The van der Waals surface area contributed by atoms with Crippen LogP contribution in [0, 0.1) is 0 Å². The Bertz CT molecular complexity index is 1850. The van der Waals surface area contributed by atoms with E-state index in [1.165, 1.54) is 11.9 Å². The van der Waals surface area contributed by atoms with E-state index < -0.39 is 82.3 Å². The average molecular weight is 884 g/mol. The van der Waals surface area contributed by atoms with Crippen LogP contribution >= 0.6 is 12.6 Å². The van der Waals surface area contributed by atoms with Crippen LogP contribution in [0.5, 0.6) is 0 Å². The van der Waals surface area contributed by atoms with Crippen molar-refractivity contribution in [3.05, 3.63) is 71.8 Å². The van der Waals surface area contributed by atoms with Crippen LogP contribution < -0.4 is 16.0 Å². The Kier molecular flexibility index (Phi) is 18.2. The fourth-order valence-corrected chi connectivity index (χ4v) is 6.86. The molecule has 3 atom stereocenters. The lowest BCUT2D eigenvalue weighted by Gasteiger charge is -2.44. The number of benzene rings is 2. The van der Waals surface area contributed by atoms with Crippen molar-refractivity contribution < 1.29 is 52.5 Å². The van der Waals surface area contributed by atoms with Gasteiger partial charge in [-0.1, -0.05) is 60.7 Å². The van der Waals surface area contributed by atoms with E-state index >= 15 is 0 Å². The summed E-state index contributed by atoms with van der Waals surface area (Å²) < 4.78 is 22.1. The molecule has 0 unspecified atom stereocenters. The minimum atomic E-state index is -1.73. The van der Waals surface area contributed by atoms with Gasteiger partial charge in [0.15, 0.2) is 0 Å². The third-order valence-electron chi connectivity index (χ3n) is 9.48. The molecule has 1 aliphatic heterocycles. The van der Waals surface area contributed by atoms with Crippen molar-refractivity contribution in [3.63, 3.8) is 0 Å². The van der Waals surface area contributed by atoms with Gasteiger partial charge < -0.3 is 44.7 Å². The van der Waals surface area contributed by atoms with Gasteiger partial charge in [0.05, 0.1) is 0 Å². The molecule has 17 heteroatoms. The molecule has 1 heterocycles. The van der Waals surface area contributed by atoms with Gasteiger partial charge in [-0.05, 0) is 92.7 Å². The highest BCUT2D eigenvalue weighted by Crippen LogP contribution is 2.28. The lowest BCUT2D eigenvalue weighted by molar-refractivity contribution is -0.159. The number of alkyl carbamates (subject to hydrolysis) is 1. The Morgan fingerprint density at radius 2 is 1.26 bits per heavy atom. The summed E-state index contributed by atoms with van der Waals surface area (Å²) in [5.41, 5.74) is -2.81. The molecule has 1 fully saturated rings. The number of esters is 2. The first kappa shape index (κ1) is 51.0. The van der Waals surface area contributed by atoms with E-state index in [1.807, 2.05) is 24.3 Å². The maximum atomic E-state index is 14.9. The van der Waals surface area contributed by atoms with Gasteiger partial charge in [0.1, 0.15) is 47.1 Å². The predicted octanol–water partition coefficient (Wildman–Crippen LogP) is 5.12. The zero-order valence-electron chi connectivity index (χ0n) is 37.7. The lowest BCUT2D eigenvalue weighted by atomic mass is 9.85. The highest BCUT2D eigenvalue weighted by atomic mass is 32.1. The van der Waals surface area contributed by atoms with Crippen LogP contribution in [0.15, 0.2) is 60.7 Å². The minimum Gasteiger partial charge on any atom is -0.461 e. The molecule has 342 valence electrons. The molecule has 0 saturated carbocycles. The van der Waals surface area contributed by atoms with Gasteiger partial charge in [0.25, 0.3) is 0 Å². The number of thiol groups is 1. The number of carbonyl (C=O) groups excluding carboxylic acids is 7. The number of hydrogen-bond acceptors (Lipinski definition) is 12. The number of piperidine rings is 1. The van der Waals surface area contributed by atoms with Gasteiger partial charge in [0, 0.05) is 38.7 Å². The summed E-state index contributed by atoms with van der Waals surface area (Å²) in [5.74, 6) is -3.70. The standard InChI is InChI=1S/C45H65N5O11S/c1-42(2,3)59-38(54)33(27-30-17-13-11-14-18-30)46-37(53)34(29-62)49(10)39(55)45(23-25-50(26-24-45)41(57)61-44(7,8)9)48-36(52)32(47-40(56)60-43(4,5)6)21-22-35(51)58-28-31-19-15-12-16-20-31/h11-20,32-34,62H,21-29H2,1-10H3,(H,46,53)(H,47,56)(H,48,52)/t32-,33-,34-/m0/s1. The number of nitrogens with one attached hydrogen (secondary N) is 3. The summed E-state index contributed by atoms with van der Waals surface area (Å²) in [5, 5.41) is 8.15. The molecule has 62 heavy (non-hydrogen) atoms. The monoisotopic (exact) mass is 883 g/mol. The maximum Gasteiger partial charge on any atom is 0.410 e. The van der Waals surface area contributed by atoms with E-state index in [-0.39, 0.29) is 57.6 Å². The van der Waals surface area contributed by atoms with Crippen LogP contribution in [0.1, 0.15) is 99.1 Å². The molecule has 1 aliphatic rings. The van der Waals surface area contributed by atoms with E-state index in [1.54, 1.807) is 98.7 Å². The van der Waals surface area contributed by atoms with Crippen molar-refractivity contribution in [2.75, 3.05) is 25.9 Å². The number of rotatable bonds is 16. The minimum absolute atomic E-state index is 0.00120. The molecular weight excluding hydrogens is 819 g/mol. The van der Waals surface area contributed by atoms with Crippen molar-refractivity contribution in [1.82, 2.24) is 25.8 Å². The fraction of sp³-hybridized carbons (Fsp3) is 0.578. The number of likely N-dealkylation sites (tertiary alicyclic amines) is 1. The number of hydrogen-bond donors (Lipinski definition) is 4. The van der Waals surface area contributed by atoms with Gasteiger partial charge in [-0.15, -0.1) is 0 Å². The lowest BCUT2D eigenvalue weighted by Crippen LogP contribution is -2.68. The first-order valence-electron chi connectivity index (χ1n) is 20.8. The molecule has 3 N–H and O–H groups in total. The molecular formula is C45H65N5O11S. The third kappa shape index (κ3) is 16.9. The second kappa shape index (κ2) is 22.2. The normalized spacial score (nSPS) is 15.4. The zero-order valence-corrected chi connectivity index (χ0v) is 38.6. The second-order valence-corrected chi connectivity index (χ2v) is 18.7. The van der Waals surface area contributed by atoms with Crippen LogP contribution in [-0.4, -0.2) is 118 Å². The van der Waals surface area contributed by atoms with Gasteiger partial charge >= 0.3 is 24.1 Å². The van der Waals surface area contributed by atoms with Crippen LogP contribution in [0.4, 0.5) is 9.59 Å². The maximum absolute atomic E-state index is 14.9.